The van der Waals surface area contributed by atoms with Gasteiger partial charge in [0.1, 0.15) is 29.3 Å². The van der Waals surface area contributed by atoms with Crippen LogP contribution in [0, 0.1) is 17.3 Å². The van der Waals surface area contributed by atoms with Crippen molar-refractivity contribution in [2.75, 3.05) is 20.7 Å². The summed E-state index contributed by atoms with van der Waals surface area (Å²) in [6.07, 6.45) is 3.42. The third-order valence-electron chi connectivity index (χ3n) is 6.74. The van der Waals surface area contributed by atoms with E-state index in [-0.39, 0.29) is 30.3 Å². The number of sulfonamides is 1. The van der Waals surface area contributed by atoms with Crippen LogP contribution in [0.2, 0.25) is 0 Å². The number of Topliss-reactive ketones (excluding diaryl/α,β-unsaturated/α-hetero) is 2. The molecule has 3 aliphatic rings. The average Bonchev–Trinajstić information content (AvgIpc) is 2.62. The summed E-state index contributed by atoms with van der Waals surface area (Å²) in [5.41, 5.74) is 2.71. The highest BCUT2D eigenvalue weighted by Gasteiger charge is 2.61. The number of ketones is 2. The van der Waals surface area contributed by atoms with Gasteiger partial charge in [-0.15, -0.1) is 0 Å². The van der Waals surface area contributed by atoms with Gasteiger partial charge < -0.3 is 4.84 Å². The van der Waals surface area contributed by atoms with E-state index in [9.17, 15) is 18.0 Å². The van der Waals surface area contributed by atoms with Crippen molar-refractivity contribution >= 4 is 27.3 Å². The minimum atomic E-state index is -3.50. The maximum atomic E-state index is 13.1. The lowest BCUT2D eigenvalue weighted by molar-refractivity contribution is -0.138. The number of hydrogen-bond acceptors (Lipinski definition) is 6. The molecule has 3 rings (SSSR count). The summed E-state index contributed by atoms with van der Waals surface area (Å²) in [5.74, 6) is -1.29. The largest absolute Gasteiger partial charge is 0.396 e. The molecule has 0 aliphatic heterocycles. The van der Waals surface area contributed by atoms with Crippen molar-refractivity contribution in [1.82, 2.24) is 4.31 Å². The molecule has 0 saturated heterocycles. The van der Waals surface area contributed by atoms with Crippen LogP contribution in [0.4, 0.5) is 0 Å². The molecule has 1 spiro atoms. The summed E-state index contributed by atoms with van der Waals surface area (Å²) >= 11 is 0. The topological polar surface area (TPSA) is 93.1 Å². The monoisotopic (exact) mass is 436 g/mol. The van der Waals surface area contributed by atoms with Gasteiger partial charge in [0, 0.05) is 38.3 Å². The molecule has 3 aliphatic carbocycles. The number of fused-ring (bicyclic) bond motifs is 2. The number of allylic oxidation sites excluding steroid dienone is 3. The Morgan fingerprint density at radius 2 is 1.80 bits per heavy atom. The standard InChI is InChI=1S/C22H32N2O5S/c1-7-16(23-29-8-2)19-17(25)11-22(12-18(19)26)10-15-20(22)13(3)9-14(4)21(15)30(27,28)24(5)6/h9,15,19,21H,7-8,10-12H2,1-6H3. The Labute approximate surface area is 179 Å². The summed E-state index contributed by atoms with van der Waals surface area (Å²) in [5, 5.41) is 3.38. The molecule has 8 heteroatoms. The number of oxime groups is 1. The van der Waals surface area contributed by atoms with Crippen molar-refractivity contribution in [3.05, 3.63) is 22.8 Å². The van der Waals surface area contributed by atoms with Crippen LogP contribution in [0.3, 0.4) is 0 Å². The molecule has 7 nitrogen and oxygen atoms in total. The third kappa shape index (κ3) is 3.47. The zero-order valence-electron chi connectivity index (χ0n) is 18.7. The van der Waals surface area contributed by atoms with Crippen molar-refractivity contribution in [3.63, 3.8) is 0 Å². The van der Waals surface area contributed by atoms with Crippen molar-refractivity contribution in [1.29, 1.82) is 0 Å². The van der Waals surface area contributed by atoms with Gasteiger partial charge in [-0.2, -0.15) is 0 Å². The molecule has 2 saturated carbocycles. The predicted molar refractivity (Wildman–Crippen MR) is 115 cm³/mol. The number of carbonyl (C=O) groups excluding carboxylic acids is 2. The second-order valence-corrected chi connectivity index (χ2v) is 11.2. The van der Waals surface area contributed by atoms with Crippen LogP contribution in [-0.4, -0.2) is 56.0 Å². The van der Waals surface area contributed by atoms with E-state index in [1.165, 1.54) is 4.31 Å². The van der Waals surface area contributed by atoms with E-state index >= 15 is 0 Å². The molecule has 0 heterocycles. The highest BCUT2D eigenvalue weighted by Crippen LogP contribution is 2.63. The molecular formula is C22H32N2O5S. The summed E-state index contributed by atoms with van der Waals surface area (Å²) in [6.45, 7) is 7.85. The van der Waals surface area contributed by atoms with Gasteiger partial charge in [0.05, 0.1) is 5.71 Å². The number of rotatable bonds is 6. The van der Waals surface area contributed by atoms with Gasteiger partial charge in [-0.1, -0.05) is 34.9 Å². The first-order valence-electron chi connectivity index (χ1n) is 10.5. The van der Waals surface area contributed by atoms with Crippen LogP contribution >= 0.6 is 0 Å². The van der Waals surface area contributed by atoms with Gasteiger partial charge in [-0.25, -0.2) is 12.7 Å². The Kier molecular flexibility index (Phi) is 6.13. The number of hydrogen-bond donors (Lipinski definition) is 0. The van der Waals surface area contributed by atoms with Crippen LogP contribution in [0.1, 0.15) is 53.4 Å². The highest BCUT2D eigenvalue weighted by molar-refractivity contribution is 7.89. The van der Waals surface area contributed by atoms with Crippen LogP contribution in [0.15, 0.2) is 28.0 Å². The van der Waals surface area contributed by atoms with Crippen LogP contribution in [0.5, 0.6) is 0 Å². The maximum absolute atomic E-state index is 13.1. The Balaban J connectivity index is 1.94. The summed E-state index contributed by atoms with van der Waals surface area (Å²) in [7, 11) is -0.407. The lowest BCUT2D eigenvalue weighted by atomic mass is 9.47. The third-order valence-corrected chi connectivity index (χ3v) is 9.10. The summed E-state index contributed by atoms with van der Waals surface area (Å²) in [6, 6.07) is 0. The fourth-order valence-electron chi connectivity index (χ4n) is 5.64. The lowest BCUT2D eigenvalue weighted by Crippen LogP contribution is -2.57. The molecule has 0 bridgehead atoms. The molecule has 0 amide bonds. The van der Waals surface area contributed by atoms with E-state index in [4.69, 9.17) is 4.84 Å². The first-order valence-corrected chi connectivity index (χ1v) is 12.1. The van der Waals surface area contributed by atoms with Gasteiger partial charge in [0.2, 0.25) is 10.0 Å². The summed E-state index contributed by atoms with van der Waals surface area (Å²) < 4.78 is 27.2. The van der Waals surface area contributed by atoms with E-state index in [2.05, 4.69) is 5.16 Å². The van der Waals surface area contributed by atoms with E-state index in [1.807, 2.05) is 26.8 Å². The second-order valence-electron chi connectivity index (χ2n) is 8.90. The summed E-state index contributed by atoms with van der Waals surface area (Å²) in [4.78, 5) is 31.3. The molecule has 2 fully saturated rings. The minimum absolute atomic E-state index is 0.136. The van der Waals surface area contributed by atoms with E-state index in [0.717, 1.165) is 16.7 Å². The molecule has 0 radical (unpaired) electrons. The fourth-order valence-corrected chi connectivity index (χ4v) is 7.28. The molecular weight excluding hydrogens is 404 g/mol. The zero-order chi connectivity index (χ0) is 22.4. The first-order chi connectivity index (χ1) is 14.0. The molecule has 0 aromatic carbocycles. The average molecular weight is 437 g/mol. The van der Waals surface area contributed by atoms with Crippen LogP contribution in [-0.2, 0) is 24.4 Å². The smallest absolute Gasteiger partial charge is 0.220 e. The number of nitrogens with zero attached hydrogens (tertiary/aromatic N) is 2. The van der Waals surface area contributed by atoms with Crippen molar-refractivity contribution in [3.8, 4) is 0 Å². The second kappa shape index (κ2) is 8.04. The molecule has 30 heavy (non-hydrogen) atoms. The molecule has 166 valence electrons. The van der Waals surface area contributed by atoms with Crippen LogP contribution < -0.4 is 0 Å². The normalized spacial score (nSPS) is 32.3. The fraction of sp³-hybridized carbons (Fsp3) is 0.682. The van der Waals surface area contributed by atoms with Crippen molar-refractivity contribution < 1.29 is 22.8 Å². The van der Waals surface area contributed by atoms with E-state index < -0.39 is 26.6 Å². The quantitative estimate of drug-likeness (QED) is 0.363. The van der Waals surface area contributed by atoms with Crippen molar-refractivity contribution in [2.24, 2.45) is 22.4 Å². The van der Waals surface area contributed by atoms with Gasteiger partial charge in [-0.05, 0) is 33.6 Å². The Bertz CT molecular complexity index is 940. The van der Waals surface area contributed by atoms with Crippen molar-refractivity contribution in [2.45, 2.75) is 58.6 Å². The number of carbonyl (C=O) groups is 2. The lowest BCUT2D eigenvalue weighted by Gasteiger charge is -2.57. The maximum Gasteiger partial charge on any atom is 0.220 e. The van der Waals surface area contributed by atoms with Gasteiger partial charge in [0.15, 0.2) is 0 Å². The zero-order valence-corrected chi connectivity index (χ0v) is 19.5. The molecule has 2 atom stereocenters. The van der Waals surface area contributed by atoms with Gasteiger partial charge >= 0.3 is 0 Å². The molecule has 0 aromatic rings. The van der Waals surface area contributed by atoms with Gasteiger partial charge in [-0.3, -0.25) is 9.59 Å². The van der Waals surface area contributed by atoms with Crippen LogP contribution in [0.25, 0.3) is 0 Å². The SMILES string of the molecule is CCON=C(CC)C1C(=O)CC2(CC1=O)CC1C2=C(C)C=C(C)C1S(=O)(=O)N(C)C. The Hall–Kier alpha value is -1.80. The molecule has 0 aromatic heterocycles. The predicted octanol–water partition coefficient (Wildman–Crippen LogP) is 2.88. The minimum Gasteiger partial charge on any atom is -0.396 e. The van der Waals surface area contributed by atoms with E-state index in [1.54, 1.807) is 21.0 Å². The molecule has 0 N–H and O–H groups in total. The molecule has 2 unspecified atom stereocenters. The van der Waals surface area contributed by atoms with E-state index in [0.29, 0.717) is 25.2 Å². The highest BCUT2D eigenvalue weighted by atomic mass is 32.2. The Morgan fingerprint density at radius 1 is 1.20 bits per heavy atom. The first kappa shape index (κ1) is 22.9. The van der Waals surface area contributed by atoms with Gasteiger partial charge in [0.25, 0.3) is 0 Å². The Morgan fingerprint density at radius 3 is 2.30 bits per heavy atom.